The SMILES string of the molecule is CCOc1ccccc1Oc1ccc(N)cc1C(F)F. The van der Waals surface area contributed by atoms with E-state index in [0.717, 1.165) is 0 Å². The Kier molecular flexibility index (Phi) is 4.40. The maximum Gasteiger partial charge on any atom is 0.267 e. The number of nitrogens with two attached hydrogens (primary N) is 1. The lowest BCUT2D eigenvalue weighted by atomic mass is 10.2. The van der Waals surface area contributed by atoms with Crippen LogP contribution in [0, 0.1) is 0 Å². The van der Waals surface area contributed by atoms with Crippen LogP contribution in [-0.4, -0.2) is 6.61 Å². The second kappa shape index (κ2) is 6.23. The van der Waals surface area contributed by atoms with E-state index in [0.29, 0.717) is 18.1 Å². The molecular weight excluding hydrogens is 264 g/mol. The molecule has 0 radical (unpaired) electrons. The molecule has 0 aliphatic carbocycles. The van der Waals surface area contributed by atoms with Gasteiger partial charge >= 0.3 is 0 Å². The third-order valence-corrected chi connectivity index (χ3v) is 2.64. The van der Waals surface area contributed by atoms with Crippen LogP contribution < -0.4 is 15.2 Å². The van der Waals surface area contributed by atoms with Gasteiger partial charge in [0.05, 0.1) is 12.2 Å². The fourth-order valence-corrected chi connectivity index (χ4v) is 1.76. The second-order valence-electron chi connectivity index (χ2n) is 4.08. The lowest BCUT2D eigenvalue weighted by Crippen LogP contribution is -1.98. The van der Waals surface area contributed by atoms with Crippen molar-refractivity contribution in [2.45, 2.75) is 13.3 Å². The Morgan fingerprint density at radius 2 is 1.75 bits per heavy atom. The summed E-state index contributed by atoms with van der Waals surface area (Å²) in [4.78, 5) is 0. The van der Waals surface area contributed by atoms with Crippen molar-refractivity contribution in [3.8, 4) is 17.2 Å². The zero-order valence-electron chi connectivity index (χ0n) is 11.0. The largest absolute Gasteiger partial charge is 0.490 e. The van der Waals surface area contributed by atoms with Crippen LogP contribution >= 0.6 is 0 Å². The van der Waals surface area contributed by atoms with E-state index < -0.39 is 6.43 Å². The van der Waals surface area contributed by atoms with E-state index in [9.17, 15) is 8.78 Å². The molecule has 2 N–H and O–H groups in total. The van der Waals surface area contributed by atoms with Gasteiger partial charge in [0.15, 0.2) is 11.5 Å². The summed E-state index contributed by atoms with van der Waals surface area (Å²) in [7, 11) is 0. The van der Waals surface area contributed by atoms with Gasteiger partial charge in [0.1, 0.15) is 5.75 Å². The first kappa shape index (κ1) is 14.1. The predicted molar refractivity (Wildman–Crippen MR) is 73.5 cm³/mol. The Morgan fingerprint density at radius 1 is 1.05 bits per heavy atom. The van der Waals surface area contributed by atoms with E-state index in [-0.39, 0.29) is 17.0 Å². The van der Waals surface area contributed by atoms with Gasteiger partial charge in [0, 0.05) is 5.69 Å². The highest BCUT2D eigenvalue weighted by molar-refractivity contribution is 5.51. The molecule has 5 heteroatoms. The van der Waals surface area contributed by atoms with E-state index in [1.54, 1.807) is 24.3 Å². The Balaban J connectivity index is 2.35. The molecule has 0 saturated carbocycles. The van der Waals surface area contributed by atoms with Gasteiger partial charge in [-0.25, -0.2) is 8.78 Å². The summed E-state index contributed by atoms with van der Waals surface area (Å²) in [6.45, 7) is 2.30. The summed E-state index contributed by atoms with van der Waals surface area (Å²) in [5.74, 6) is 0.967. The van der Waals surface area contributed by atoms with Crippen molar-refractivity contribution >= 4 is 5.69 Å². The van der Waals surface area contributed by atoms with E-state index in [4.69, 9.17) is 15.2 Å². The number of anilines is 1. The summed E-state index contributed by atoms with van der Waals surface area (Å²) in [6.07, 6.45) is -2.66. The maximum absolute atomic E-state index is 13.0. The minimum Gasteiger partial charge on any atom is -0.490 e. The Bertz CT molecular complexity index is 588. The number of halogens is 2. The van der Waals surface area contributed by atoms with Crippen LogP contribution in [-0.2, 0) is 0 Å². The van der Waals surface area contributed by atoms with Crippen molar-refractivity contribution < 1.29 is 18.3 Å². The molecule has 0 fully saturated rings. The van der Waals surface area contributed by atoms with E-state index in [2.05, 4.69) is 0 Å². The minimum atomic E-state index is -2.66. The molecule has 0 aliphatic rings. The molecule has 2 aromatic carbocycles. The molecular formula is C15H15F2NO2. The molecule has 20 heavy (non-hydrogen) atoms. The molecule has 106 valence electrons. The highest BCUT2D eigenvalue weighted by Gasteiger charge is 2.16. The molecule has 0 heterocycles. The normalized spacial score (nSPS) is 10.6. The van der Waals surface area contributed by atoms with Crippen molar-refractivity contribution in [2.24, 2.45) is 0 Å². The minimum absolute atomic E-state index is 0.0707. The van der Waals surface area contributed by atoms with Crippen LogP contribution in [0.2, 0.25) is 0 Å². The topological polar surface area (TPSA) is 44.5 Å². The molecule has 0 unspecified atom stereocenters. The number of hydrogen-bond donors (Lipinski definition) is 1. The van der Waals surface area contributed by atoms with Gasteiger partial charge in [-0.05, 0) is 37.3 Å². The summed E-state index contributed by atoms with van der Waals surface area (Å²) in [6, 6.07) is 11.1. The van der Waals surface area contributed by atoms with Crippen LogP contribution in [0.1, 0.15) is 18.9 Å². The molecule has 3 nitrogen and oxygen atoms in total. The number of hydrogen-bond acceptors (Lipinski definition) is 3. The van der Waals surface area contributed by atoms with Gasteiger partial charge in [-0.15, -0.1) is 0 Å². The first-order chi connectivity index (χ1) is 9.61. The molecule has 0 saturated heterocycles. The van der Waals surface area contributed by atoms with Crippen molar-refractivity contribution in [3.05, 3.63) is 48.0 Å². The number of ether oxygens (including phenoxy) is 2. The third-order valence-electron chi connectivity index (χ3n) is 2.64. The van der Waals surface area contributed by atoms with Crippen LogP contribution in [0.25, 0.3) is 0 Å². The van der Waals surface area contributed by atoms with Gasteiger partial charge in [-0.1, -0.05) is 12.1 Å². The number of rotatable bonds is 5. The molecule has 0 bridgehead atoms. The van der Waals surface area contributed by atoms with Gasteiger partial charge in [0.2, 0.25) is 0 Å². The fourth-order valence-electron chi connectivity index (χ4n) is 1.76. The van der Waals surface area contributed by atoms with Crippen molar-refractivity contribution in [1.29, 1.82) is 0 Å². The number of alkyl halides is 2. The van der Waals surface area contributed by atoms with Gasteiger partial charge < -0.3 is 15.2 Å². The van der Waals surface area contributed by atoms with Crippen LogP contribution in [0.4, 0.5) is 14.5 Å². The zero-order chi connectivity index (χ0) is 14.5. The Labute approximate surface area is 115 Å². The second-order valence-corrected chi connectivity index (χ2v) is 4.08. The van der Waals surface area contributed by atoms with E-state index in [1.165, 1.54) is 18.2 Å². The number of nitrogen functional groups attached to an aromatic ring is 1. The van der Waals surface area contributed by atoms with Crippen molar-refractivity contribution in [1.82, 2.24) is 0 Å². The molecule has 2 aromatic rings. The third kappa shape index (κ3) is 3.17. The average Bonchev–Trinajstić information content (AvgIpc) is 2.43. The van der Waals surface area contributed by atoms with E-state index in [1.807, 2.05) is 6.92 Å². The lowest BCUT2D eigenvalue weighted by molar-refractivity contribution is 0.148. The quantitative estimate of drug-likeness (QED) is 0.825. The van der Waals surface area contributed by atoms with Crippen LogP contribution in [0.3, 0.4) is 0 Å². The Hall–Kier alpha value is -2.30. The first-order valence-corrected chi connectivity index (χ1v) is 6.19. The highest BCUT2D eigenvalue weighted by atomic mass is 19.3. The smallest absolute Gasteiger partial charge is 0.267 e. The van der Waals surface area contributed by atoms with Crippen molar-refractivity contribution in [3.63, 3.8) is 0 Å². The maximum atomic E-state index is 13.0. The van der Waals surface area contributed by atoms with E-state index >= 15 is 0 Å². The number of para-hydroxylation sites is 2. The zero-order valence-corrected chi connectivity index (χ0v) is 11.0. The summed E-state index contributed by atoms with van der Waals surface area (Å²) in [5.41, 5.74) is 5.55. The standard InChI is InChI=1S/C15H15F2NO2/c1-2-19-13-5-3-4-6-14(13)20-12-8-7-10(18)9-11(12)15(16)17/h3-9,15H,2,18H2,1H3. The van der Waals surface area contributed by atoms with Gasteiger partial charge in [0.25, 0.3) is 6.43 Å². The van der Waals surface area contributed by atoms with Crippen molar-refractivity contribution in [2.75, 3.05) is 12.3 Å². The lowest BCUT2D eigenvalue weighted by Gasteiger charge is -2.14. The highest BCUT2D eigenvalue weighted by Crippen LogP contribution is 2.37. The predicted octanol–water partition coefficient (Wildman–Crippen LogP) is 4.40. The monoisotopic (exact) mass is 279 g/mol. The molecule has 0 aliphatic heterocycles. The van der Waals surface area contributed by atoms with Gasteiger partial charge in [-0.3, -0.25) is 0 Å². The summed E-state index contributed by atoms with van der Waals surface area (Å²) >= 11 is 0. The molecule has 0 amide bonds. The fraction of sp³-hybridized carbons (Fsp3) is 0.200. The van der Waals surface area contributed by atoms with Crippen LogP contribution in [0.5, 0.6) is 17.2 Å². The van der Waals surface area contributed by atoms with Crippen LogP contribution in [0.15, 0.2) is 42.5 Å². The summed E-state index contributed by atoms with van der Waals surface area (Å²) < 4.78 is 36.9. The Morgan fingerprint density at radius 3 is 2.40 bits per heavy atom. The van der Waals surface area contributed by atoms with Gasteiger partial charge in [-0.2, -0.15) is 0 Å². The molecule has 0 spiro atoms. The molecule has 0 aromatic heterocycles. The number of benzene rings is 2. The molecule has 0 atom stereocenters. The summed E-state index contributed by atoms with van der Waals surface area (Å²) in [5, 5.41) is 0. The molecule has 2 rings (SSSR count). The first-order valence-electron chi connectivity index (χ1n) is 6.19. The average molecular weight is 279 g/mol.